The summed E-state index contributed by atoms with van der Waals surface area (Å²) in [6, 6.07) is 0. The molecule has 12 rings (SSSR count). The van der Waals surface area contributed by atoms with Gasteiger partial charge in [-0.25, -0.2) is 0 Å². The maximum Gasteiger partial charge on any atom is 0.306 e. The molecule has 12 unspecified atom stereocenters. The molecule has 0 aromatic heterocycles. The Balaban J connectivity index is 0.000000124. The largest absolute Gasteiger partial charge is 0.458 e. The van der Waals surface area contributed by atoms with Gasteiger partial charge in [-0.1, -0.05) is 44.9 Å². The minimum Gasteiger partial charge on any atom is -0.458 e. The molecule has 6 nitrogen and oxygen atoms in total. The van der Waals surface area contributed by atoms with Gasteiger partial charge in [0.05, 0.1) is 0 Å². The van der Waals surface area contributed by atoms with Gasteiger partial charge in [0.15, 0.2) is 11.6 Å². The fourth-order valence-corrected chi connectivity index (χ4v) is 17.1. The van der Waals surface area contributed by atoms with Crippen LogP contribution in [0.1, 0.15) is 124 Å². The molecule has 2 saturated heterocycles. The third-order valence-electron chi connectivity index (χ3n) is 19.1. The molecular weight excluding hydrogens is 649 g/mol. The lowest BCUT2D eigenvalue weighted by molar-refractivity contribution is -0.177. The fraction of sp³-hybridized carbons (Fsp3) is 0.783. The highest BCUT2D eigenvalue weighted by Crippen LogP contribution is 2.80. The van der Waals surface area contributed by atoms with E-state index in [1.54, 1.807) is 0 Å². The quantitative estimate of drug-likeness (QED) is 0.254. The predicted octanol–water partition coefficient (Wildman–Crippen LogP) is 8.53. The van der Waals surface area contributed by atoms with Crippen molar-refractivity contribution in [3.05, 3.63) is 35.5 Å². The van der Waals surface area contributed by atoms with Gasteiger partial charge in [-0.05, 0) is 153 Å². The van der Waals surface area contributed by atoms with E-state index in [-0.39, 0.29) is 34.0 Å². The molecule has 2 aliphatic heterocycles. The summed E-state index contributed by atoms with van der Waals surface area (Å²) in [5, 5.41) is 0. The zero-order chi connectivity index (χ0) is 35.5. The van der Waals surface area contributed by atoms with Gasteiger partial charge in [-0.15, -0.1) is 0 Å². The number of rotatable bonds is 1. The fourth-order valence-electron chi connectivity index (χ4n) is 17.1. The van der Waals surface area contributed by atoms with Crippen molar-refractivity contribution in [3.8, 4) is 0 Å². The molecule has 278 valence electrons. The average Bonchev–Trinajstić information content (AvgIpc) is 3.99. The third-order valence-corrected chi connectivity index (χ3v) is 19.1. The Morgan fingerprint density at radius 3 is 1.90 bits per heavy atom. The van der Waals surface area contributed by atoms with Crippen molar-refractivity contribution in [1.29, 1.82) is 0 Å². The van der Waals surface area contributed by atoms with E-state index in [2.05, 4.69) is 32.9 Å². The Hall–Kier alpha value is -2.50. The van der Waals surface area contributed by atoms with Gasteiger partial charge >= 0.3 is 11.9 Å². The number of allylic oxidation sites excluding steroid dienone is 5. The summed E-state index contributed by atoms with van der Waals surface area (Å²) in [7, 11) is 0. The summed E-state index contributed by atoms with van der Waals surface area (Å²) in [5.74, 6) is 9.72. The number of carbonyl (C=O) groups is 4. The summed E-state index contributed by atoms with van der Waals surface area (Å²) in [6.07, 6.45) is 25.2. The molecule has 2 heterocycles. The van der Waals surface area contributed by atoms with Crippen molar-refractivity contribution in [3.63, 3.8) is 0 Å². The van der Waals surface area contributed by atoms with Gasteiger partial charge < -0.3 is 9.47 Å². The lowest BCUT2D eigenvalue weighted by atomic mass is 9.46. The average molecular weight is 707 g/mol. The van der Waals surface area contributed by atoms with Crippen molar-refractivity contribution < 1.29 is 28.7 Å². The van der Waals surface area contributed by atoms with E-state index in [0.717, 1.165) is 74.5 Å². The van der Waals surface area contributed by atoms with E-state index in [1.807, 2.05) is 12.2 Å². The molecule has 0 bridgehead atoms. The molecule has 0 radical (unpaired) electrons. The SMILES string of the molecule is CC[C@@H]1CC2=CC(=O)CCC2C2CC[C@@]3(C)C(C4CC4[C@@]34CCC(=O)O4)C21.C[C@]12CCC3C4CCC(=O)C=C4C=CC3C1C1CC1[C@@]21CCC(=O)O1. The standard InChI is InChI=1S/C24H32O3.C22H26O3/c1-3-13-10-14-11-15(25)4-5-16(14)17-6-8-23(2)22(21(13)17)18-12-19(18)24(23)9-7-20(26)27-24;1-21-8-6-15-14-5-3-13(23)10-12(14)2-4-16(15)20(21)17-11-18(17)22(21)9-7-19(24)25-22/h11,13,16-19,21-22H,3-10,12H2,1-2H3;2,4,10,14-18,20H,3,5-9,11H2,1H3/t13-,16?,17?,18?,19?,21?,22?,23+,24+;14?,15?,16?,17?,18?,20?,21-,22-/m10/s1. The normalized spacial score (nSPS) is 55.2. The second-order valence-corrected chi connectivity index (χ2v) is 20.5. The Labute approximate surface area is 309 Å². The minimum absolute atomic E-state index is 0.0323. The molecule has 9 fully saturated rings. The van der Waals surface area contributed by atoms with Crippen LogP contribution in [0, 0.1) is 87.8 Å². The first-order valence-electron chi connectivity index (χ1n) is 21.6. The lowest BCUT2D eigenvalue weighted by Gasteiger charge is -2.59. The number of hydrogen-bond donors (Lipinski definition) is 0. The van der Waals surface area contributed by atoms with Crippen LogP contribution < -0.4 is 0 Å². The molecule has 10 aliphatic carbocycles. The zero-order valence-electron chi connectivity index (χ0n) is 31.6. The number of hydrogen-bond acceptors (Lipinski definition) is 6. The Morgan fingerprint density at radius 1 is 0.673 bits per heavy atom. The Kier molecular flexibility index (Phi) is 6.85. The van der Waals surface area contributed by atoms with Crippen LogP contribution in [0.4, 0.5) is 0 Å². The maximum absolute atomic E-state index is 12.1. The van der Waals surface area contributed by atoms with Crippen molar-refractivity contribution in [1.82, 2.24) is 0 Å². The van der Waals surface area contributed by atoms with E-state index in [0.29, 0.717) is 71.8 Å². The lowest BCUT2D eigenvalue weighted by Crippen LogP contribution is -2.56. The van der Waals surface area contributed by atoms with Crippen LogP contribution >= 0.6 is 0 Å². The Morgan fingerprint density at radius 2 is 1.27 bits per heavy atom. The van der Waals surface area contributed by atoms with Crippen LogP contribution in [-0.4, -0.2) is 34.7 Å². The number of ketones is 2. The zero-order valence-corrected chi connectivity index (χ0v) is 31.6. The second kappa shape index (κ2) is 10.8. The van der Waals surface area contributed by atoms with E-state index in [1.165, 1.54) is 56.1 Å². The topological polar surface area (TPSA) is 86.7 Å². The summed E-state index contributed by atoms with van der Waals surface area (Å²) >= 11 is 0. The van der Waals surface area contributed by atoms with Gasteiger partial charge in [0.2, 0.25) is 0 Å². The second-order valence-electron chi connectivity index (χ2n) is 20.5. The first-order valence-corrected chi connectivity index (χ1v) is 21.6. The number of ether oxygens (including phenoxy) is 2. The first-order chi connectivity index (χ1) is 25.0. The molecule has 0 N–H and O–H groups in total. The molecule has 12 aliphatic rings. The molecule has 0 amide bonds. The Bertz CT molecular complexity index is 1750. The van der Waals surface area contributed by atoms with Crippen molar-refractivity contribution >= 4 is 23.5 Å². The maximum atomic E-state index is 12.1. The number of esters is 2. The molecule has 6 heteroatoms. The molecular formula is C46H58O6. The van der Waals surface area contributed by atoms with Gasteiger partial charge in [-0.3, -0.25) is 19.2 Å². The molecule has 17 atom stereocenters. The minimum atomic E-state index is -0.156. The van der Waals surface area contributed by atoms with Crippen LogP contribution in [0.3, 0.4) is 0 Å². The van der Waals surface area contributed by atoms with Crippen molar-refractivity contribution in [2.24, 2.45) is 87.8 Å². The molecule has 2 spiro atoms. The molecule has 52 heavy (non-hydrogen) atoms. The van der Waals surface area contributed by atoms with E-state index >= 15 is 0 Å². The smallest absolute Gasteiger partial charge is 0.306 e. The number of fused-ring (bicyclic) bond motifs is 18. The highest BCUT2D eigenvalue weighted by molar-refractivity contribution is 5.92. The van der Waals surface area contributed by atoms with Crippen LogP contribution in [0.2, 0.25) is 0 Å². The summed E-state index contributed by atoms with van der Waals surface area (Å²) in [6.45, 7) is 7.27. The van der Waals surface area contributed by atoms with Crippen LogP contribution in [0.5, 0.6) is 0 Å². The van der Waals surface area contributed by atoms with E-state index < -0.39 is 0 Å². The van der Waals surface area contributed by atoms with Crippen LogP contribution in [-0.2, 0) is 28.7 Å². The monoisotopic (exact) mass is 706 g/mol. The summed E-state index contributed by atoms with van der Waals surface area (Å²) < 4.78 is 12.3. The molecule has 0 aromatic carbocycles. The predicted molar refractivity (Wildman–Crippen MR) is 194 cm³/mol. The molecule has 0 aromatic rings. The van der Waals surface area contributed by atoms with Gasteiger partial charge in [-0.2, -0.15) is 0 Å². The summed E-state index contributed by atoms with van der Waals surface area (Å²) in [5.41, 5.74) is 2.82. The first kappa shape index (κ1) is 32.9. The molecule has 7 saturated carbocycles. The van der Waals surface area contributed by atoms with Crippen LogP contribution in [0.25, 0.3) is 0 Å². The van der Waals surface area contributed by atoms with Crippen molar-refractivity contribution in [2.45, 2.75) is 135 Å². The highest BCUT2D eigenvalue weighted by atomic mass is 16.6. The van der Waals surface area contributed by atoms with E-state index in [9.17, 15) is 19.2 Å². The summed E-state index contributed by atoms with van der Waals surface area (Å²) in [4.78, 5) is 48.0. The highest BCUT2D eigenvalue weighted by Gasteiger charge is 2.80. The third kappa shape index (κ3) is 4.09. The number of carbonyl (C=O) groups excluding carboxylic acids is 4. The van der Waals surface area contributed by atoms with Gasteiger partial charge in [0.1, 0.15) is 11.2 Å². The van der Waals surface area contributed by atoms with E-state index in [4.69, 9.17) is 9.47 Å². The van der Waals surface area contributed by atoms with Gasteiger partial charge in [0.25, 0.3) is 0 Å². The van der Waals surface area contributed by atoms with Crippen LogP contribution in [0.15, 0.2) is 35.5 Å². The van der Waals surface area contributed by atoms with Crippen molar-refractivity contribution in [2.75, 3.05) is 0 Å². The van der Waals surface area contributed by atoms with Gasteiger partial charge in [0, 0.05) is 48.3 Å².